The van der Waals surface area contributed by atoms with Gasteiger partial charge in [-0.25, -0.2) is 9.78 Å². The summed E-state index contributed by atoms with van der Waals surface area (Å²) in [6.07, 6.45) is 3.94. The third-order valence-electron chi connectivity index (χ3n) is 4.62. The predicted octanol–water partition coefficient (Wildman–Crippen LogP) is 5.48. The molecule has 9 heteroatoms. The molecule has 1 heterocycles. The Kier molecular flexibility index (Phi) is 8.80. The number of rotatable bonds is 9. The normalized spacial score (nSPS) is 11.5. The van der Waals surface area contributed by atoms with Crippen LogP contribution in [-0.4, -0.2) is 34.6 Å². The number of esters is 1. The Hall–Kier alpha value is -2.52. The maximum absolute atomic E-state index is 13.1. The Labute approximate surface area is 209 Å². The van der Waals surface area contributed by atoms with Gasteiger partial charge in [0.25, 0.3) is 5.56 Å². The molecule has 0 radical (unpaired) electrons. The third-order valence-corrected chi connectivity index (χ3v) is 5.73. The molecular weight excluding hydrogens is 554 g/mol. The highest BCUT2D eigenvalue weighted by Gasteiger charge is 2.12. The minimum atomic E-state index is -0.433. The second-order valence-corrected chi connectivity index (χ2v) is 9.44. The van der Waals surface area contributed by atoms with Crippen molar-refractivity contribution >= 4 is 54.9 Å². The van der Waals surface area contributed by atoms with Crippen molar-refractivity contribution in [2.24, 2.45) is 5.10 Å². The molecule has 2 aromatic carbocycles. The number of carbonyl (C=O) groups is 1. The molecule has 0 fully saturated rings. The Morgan fingerprint density at radius 1 is 1.21 bits per heavy atom. The van der Waals surface area contributed by atoms with E-state index in [0.29, 0.717) is 33.4 Å². The molecule has 0 aliphatic heterocycles. The van der Waals surface area contributed by atoms with Crippen LogP contribution in [0.1, 0.15) is 45.0 Å². The highest BCUT2D eigenvalue weighted by atomic mass is 79.9. The number of ether oxygens (including phenoxy) is 2. The van der Waals surface area contributed by atoms with Crippen LogP contribution in [0.4, 0.5) is 0 Å². The van der Waals surface area contributed by atoms with Gasteiger partial charge in [-0.3, -0.25) is 4.79 Å². The van der Waals surface area contributed by atoms with E-state index < -0.39 is 5.97 Å². The number of nitrogens with zero attached hydrogens (tertiary/aromatic N) is 3. The molecule has 0 unspecified atom stereocenters. The van der Waals surface area contributed by atoms with Crippen molar-refractivity contribution in [3.05, 3.63) is 67.1 Å². The maximum atomic E-state index is 13.1. The molecule has 0 saturated carbocycles. The summed E-state index contributed by atoms with van der Waals surface area (Å²) in [6.45, 7) is 5.47. The number of carbonyl (C=O) groups excluding carboxylic acids is 1. The van der Waals surface area contributed by atoms with Gasteiger partial charge in [-0.15, -0.1) is 0 Å². The first-order valence-electron chi connectivity index (χ1n) is 10.7. The molecule has 0 saturated heterocycles. The van der Waals surface area contributed by atoms with Crippen LogP contribution in [0.15, 0.2) is 55.2 Å². The van der Waals surface area contributed by atoms with Crippen molar-refractivity contribution in [3.63, 3.8) is 0 Å². The number of benzene rings is 2. The van der Waals surface area contributed by atoms with Crippen LogP contribution in [0.2, 0.25) is 0 Å². The van der Waals surface area contributed by atoms with Gasteiger partial charge in [0.15, 0.2) is 6.61 Å². The number of fused-ring (bicyclic) bond motifs is 1. The minimum Gasteiger partial charge on any atom is -0.481 e. The largest absolute Gasteiger partial charge is 0.481 e. The molecule has 0 bridgehead atoms. The molecule has 1 aromatic heterocycles. The molecule has 0 aliphatic carbocycles. The van der Waals surface area contributed by atoms with Gasteiger partial charge in [0.1, 0.15) is 11.6 Å². The van der Waals surface area contributed by atoms with Gasteiger partial charge in [0.05, 0.1) is 27.7 Å². The maximum Gasteiger partial charge on any atom is 0.344 e. The third kappa shape index (κ3) is 6.74. The minimum absolute atomic E-state index is 0.182. The molecule has 0 N–H and O–H groups in total. The van der Waals surface area contributed by atoms with E-state index >= 15 is 0 Å². The Morgan fingerprint density at radius 3 is 2.70 bits per heavy atom. The van der Waals surface area contributed by atoms with Crippen LogP contribution in [0, 0.1) is 0 Å². The van der Waals surface area contributed by atoms with Gasteiger partial charge in [-0.05, 0) is 78.2 Å². The Morgan fingerprint density at radius 2 is 2.00 bits per heavy atom. The number of hydrogen-bond acceptors (Lipinski definition) is 6. The average Bonchev–Trinajstić information content (AvgIpc) is 2.76. The lowest BCUT2D eigenvalue weighted by Gasteiger charge is -2.11. The molecule has 3 aromatic rings. The molecular formula is C24H25Br2N3O4. The molecule has 7 nitrogen and oxygen atoms in total. The Balaban J connectivity index is 1.87. The monoisotopic (exact) mass is 577 g/mol. The topological polar surface area (TPSA) is 82.8 Å². The van der Waals surface area contributed by atoms with Crippen LogP contribution in [-0.2, 0) is 16.0 Å². The van der Waals surface area contributed by atoms with Crippen molar-refractivity contribution in [2.75, 3.05) is 6.61 Å². The lowest BCUT2D eigenvalue weighted by atomic mass is 10.2. The number of unbranched alkanes of at least 4 members (excludes halogenated alkanes) is 1. The zero-order valence-electron chi connectivity index (χ0n) is 18.7. The quantitative estimate of drug-likeness (QED) is 0.248. The summed E-state index contributed by atoms with van der Waals surface area (Å²) in [5, 5.41) is 4.95. The molecule has 0 atom stereocenters. The first-order valence-corrected chi connectivity index (χ1v) is 12.2. The summed E-state index contributed by atoms with van der Waals surface area (Å²) in [7, 11) is 0. The zero-order valence-corrected chi connectivity index (χ0v) is 21.8. The summed E-state index contributed by atoms with van der Waals surface area (Å²) >= 11 is 6.87. The van der Waals surface area contributed by atoms with Crippen molar-refractivity contribution < 1.29 is 14.3 Å². The van der Waals surface area contributed by atoms with E-state index in [1.807, 2.05) is 12.1 Å². The summed E-state index contributed by atoms with van der Waals surface area (Å²) in [6, 6.07) is 10.8. The molecule has 0 spiro atoms. The van der Waals surface area contributed by atoms with E-state index in [4.69, 9.17) is 9.47 Å². The van der Waals surface area contributed by atoms with E-state index in [1.165, 1.54) is 4.68 Å². The fourth-order valence-electron chi connectivity index (χ4n) is 3.08. The second-order valence-electron chi connectivity index (χ2n) is 7.67. The van der Waals surface area contributed by atoms with Crippen LogP contribution >= 0.6 is 31.9 Å². The Bertz CT molecular complexity index is 1240. The van der Waals surface area contributed by atoms with Gasteiger partial charge >= 0.3 is 5.97 Å². The van der Waals surface area contributed by atoms with E-state index in [-0.39, 0.29) is 18.3 Å². The number of aromatic nitrogens is 2. The van der Waals surface area contributed by atoms with Gasteiger partial charge < -0.3 is 9.47 Å². The van der Waals surface area contributed by atoms with Gasteiger partial charge in [-0.2, -0.15) is 9.78 Å². The van der Waals surface area contributed by atoms with Crippen LogP contribution in [0.25, 0.3) is 10.9 Å². The standard InChI is InChI=1S/C24H25Br2N3O4/c1-4-5-6-22-28-20-9-8-17(25)12-18(20)24(31)29(22)27-13-16-7-10-21(19(26)11-16)32-14-23(30)33-15(2)3/h7-13,15H,4-6,14H2,1-3H3. The number of aryl methyl sites for hydroxylation is 1. The van der Waals surface area contributed by atoms with Crippen molar-refractivity contribution in [1.29, 1.82) is 0 Å². The molecule has 33 heavy (non-hydrogen) atoms. The van der Waals surface area contributed by atoms with Gasteiger partial charge in [-0.1, -0.05) is 29.3 Å². The van der Waals surface area contributed by atoms with Gasteiger partial charge in [0.2, 0.25) is 0 Å². The number of hydrogen-bond donors (Lipinski definition) is 0. The van der Waals surface area contributed by atoms with E-state index in [1.54, 1.807) is 44.3 Å². The predicted molar refractivity (Wildman–Crippen MR) is 136 cm³/mol. The zero-order chi connectivity index (χ0) is 24.0. The summed E-state index contributed by atoms with van der Waals surface area (Å²) < 4.78 is 13.4. The summed E-state index contributed by atoms with van der Waals surface area (Å²) in [4.78, 5) is 29.5. The molecule has 174 valence electrons. The first kappa shape index (κ1) is 25.1. The smallest absolute Gasteiger partial charge is 0.344 e. The van der Waals surface area contributed by atoms with E-state index in [0.717, 1.165) is 22.9 Å². The lowest BCUT2D eigenvalue weighted by Crippen LogP contribution is -2.22. The molecule has 0 amide bonds. The van der Waals surface area contributed by atoms with Crippen molar-refractivity contribution in [2.45, 2.75) is 46.1 Å². The van der Waals surface area contributed by atoms with E-state index in [2.05, 4.69) is 48.9 Å². The second kappa shape index (κ2) is 11.6. The SMILES string of the molecule is CCCCc1nc2ccc(Br)cc2c(=O)n1N=Cc1ccc(OCC(=O)OC(C)C)c(Br)c1. The fourth-order valence-corrected chi connectivity index (χ4v) is 3.96. The molecule has 3 rings (SSSR count). The molecule has 0 aliphatic rings. The highest BCUT2D eigenvalue weighted by molar-refractivity contribution is 9.10. The first-order chi connectivity index (χ1) is 15.8. The van der Waals surface area contributed by atoms with Gasteiger partial charge in [0, 0.05) is 10.9 Å². The summed E-state index contributed by atoms with van der Waals surface area (Å²) in [5.41, 5.74) is 1.19. The van der Waals surface area contributed by atoms with Crippen molar-refractivity contribution in [3.8, 4) is 5.75 Å². The number of halogens is 2. The fraction of sp³-hybridized carbons (Fsp3) is 0.333. The average molecular weight is 579 g/mol. The van der Waals surface area contributed by atoms with Crippen LogP contribution in [0.5, 0.6) is 5.75 Å². The lowest BCUT2D eigenvalue weighted by molar-refractivity contribution is -0.149. The van der Waals surface area contributed by atoms with E-state index in [9.17, 15) is 9.59 Å². The van der Waals surface area contributed by atoms with Crippen LogP contribution < -0.4 is 10.3 Å². The van der Waals surface area contributed by atoms with Crippen molar-refractivity contribution in [1.82, 2.24) is 9.66 Å². The summed E-state index contributed by atoms with van der Waals surface area (Å²) in [5.74, 6) is 0.693. The highest BCUT2D eigenvalue weighted by Crippen LogP contribution is 2.25. The van der Waals surface area contributed by atoms with Crippen LogP contribution in [0.3, 0.4) is 0 Å².